The van der Waals surface area contributed by atoms with Crippen molar-refractivity contribution >= 4 is 11.4 Å². The number of para-hydroxylation sites is 1. The molecule has 0 spiro atoms. The zero-order valence-electron chi connectivity index (χ0n) is 17.9. The van der Waals surface area contributed by atoms with E-state index in [4.69, 9.17) is 0 Å². The van der Waals surface area contributed by atoms with Crippen LogP contribution in [0.15, 0.2) is 127 Å². The Kier molecular flexibility index (Phi) is 4.54. The van der Waals surface area contributed by atoms with Crippen molar-refractivity contribution in [3.8, 4) is 11.1 Å². The maximum atomic E-state index is 3.59. The quantitative estimate of drug-likeness (QED) is 0.360. The van der Waals surface area contributed by atoms with Gasteiger partial charge in [-0.3, -0.25) is 0 Å². The molecule has 0 fully saturated rings. The van der Waals surface area contributed by atoms with Crippen LogP contribution in [-0.4, -0.2) is 0 Å². The number of nitrogens with one attached hydrogen (secondary N) is 1. The summed E-state index contributed by atoms with van der Waals surface area (Å²) in [6, 6.07) is 37.3. The molecule has 32 heavy (non-hydrogen) atoms. The topological polar surface area (TPSA) is 12.0 Å². The average molecular weight is 412 g/mol. The van der Waals surface area contributed by atoms with Crippen LogP contribution >= 0.6 is 0 Å². The fourth-order valence-electron chi connectivity index (χ4n) is 5.61. The zero-order valence-corrected chi connectivity index (χ0v) is 17.9. The number of hydrogen-bond acceptors (Lipinski definition) is 1. The molecule has 2 unspecified atom stereocenters. The van der Waals surface area contributed by atoms with Crippen molar-refractivity contribution in [2.24, 2.45) is 5.92 Å². The molecule has 4 aromatic carbocycles. The lowest BCUT2D eigenvalue weighted by atomic mass is 9.62. The van der Waals surface area contributed by atoms with Crippen molar-refractivity contribution in [3.63, 3.8) is 0 Å². The summed E-state index contributed by atoms with van der Waals surface area (Å²) in [5, 5.41) is 3.59. The van der Waals surface area contributed by atoms with E-state index < -0.39 is 0 Å². The summed E-state index contributed by atoms with van der Waals surface area (Å²) < 4.78 is 0. The highest BCUT2D eigenvalue weighted by molar-refractivity contribution is 5.86. The van der Waals surface area contributed by atoms with Gasteiger partial charge in [-0.1, -0.05) is 103 Å². The van der Waals surface area contributed by atoms with E-state index in [0.717, 1.165) is 17.8 Å². The van der Waals surface area contributed by atoms with Crippen LogP contribution in [0.3, 0.4) is 0 Å². The zero-order chi connectivity index (χ0) is 21.4. The molecule has 0 aromatic heterocycles. The number of anilines is 2. The summed E-state index contributed by atoms with van der Waals surface area (Å²) in [5.74, 6) is 0.366. The van der Waals surface area contributed by atoms with Crippen LogP contribution in [0.25, 0.3) is 11.1 Å². The molecule has 2 atom stereocenters. The van der Waals surface area contributed by atoms with Crippen LogP contribution in [-0.2, 0) is 5.41 Å². The molecule has 0 amide bonds. The minimum atomic E-state index is -0.195. The second kappa shape index (κ2) is 7.69. The normalized spacial score (nSPS) is 20.6. The van der Waals surface area contributed by atoms with Gasteiger partial charge in [0.15, 0.2) is 0 Å². The van der Waals surface area contributed by atoms with Crippen LogP contribution in [0.1, 0.15) is 23.1 Å². The Bertz CT molecular complexity index is 1320. The average Bonchev–Trinajstić information content (AvgIpc) is 3.16. The standard InChI is InChI=1S/C31H25N/c1-4-12-23(13-5-1)31(24-14-6-2-7-15-24)29-19-11-10-18-27(29)28-22-26(20-21-30(28)31)32-25-16-8-3-9-17-25/h1-14,16-22,24,32H,15H2. The van der Waals surface area contributed by atoms with Gasteiger partial charge >= 0.3 is 0 Å². The first-order valence-electron chi connectivity index (χ1n) is 11.3. The first-order valence-corrected chi connectivity index (χ1v) is 11.3. The third kappa shape index (κ3) is 2.85. The van der Waals surface area contributed by atoms with Gasteiger partial charge in [0.05, 0.1) is 5.41 Å². The van der Waals surface area contributed by atoms with E-state index >= 15 is 0 Å². The molecule has 1 nitrogen and oxygen atoms in total. The lowest BCUT2D eigenvalue weighted by molar-refractivity contribution is 0.457. The van der Waals surface area contributed by atoms with Crippen molar-refractivity contribution in [2.45, 2.75) is 11.8 Å². The Hall–Kier alpha value is -3.84. The molecule has 6 rings (SSSR count). The maximum Gasteiger partial charge on any atom is 0.0529 e. The fourth-order valence-corrected chi connectivity index (χ4v) is 5.61. The molecule has 2 aliphatic carbocycles. The summed E-state index contributed by atoms with van der Waals surface area (Å²) in [6.45, 7) is 0. The van der Waals surface area contributed by atoms with E-state index in [1.54, 1.807) is 0 Å². The number of hydrogen-bond donors (Lipinski definition) is 1. The van der Waals surface area contributed by atoms with Gasteiger partial charge in [-0.15, -0.1) is 0 Å². The Morgan fingerprint density at radius 2 is 1.34 bits per heavy atom. The first-order chi connectivity index (χ1) is 15.9. The largest absolute Gasteiger partial charge is 0.356 e. The summed E-state index contributed by atoms with van der Waals surface area (Å²) in [5.41, 5.74) is 8.86. The summed E-state index contributed by atoms with van der Waals surface area (Å²) in [6.07, 6.45) is 10.1. The molecular formula is C31H25N. The minimum Gasteiger partial charge on any atom is -0.356 e. The number of allylic oxidation sites excluding steroid dienone is 4. The van der Waals surface area contributed by atoms with Gasteiger partial charge in [-0.25, -0.2) is 0 Å². The van der Waals surface area contributed by atoms with E-state index in [0.29, 0.717) is 5.92 Å². The Balaban J connectivity index is 1.59. The second-order valence-electron chi connectivity index (χ2n) is 8.63. The molecule has 0 heterocycles. The highest BCUT2D eigenvalue weighted by Crippen LogP contribution is 2.58. The smallest absolute Gasteiger partial charge is 0.0529 e. The summed E-state index contributed by atoms with van der Waals surface area (Å²) >= 11 is 0. The molecule has 0 saturated carbocycles. The lowest BCUT2D eigenvalue weighted by Gasteiger charge is -2.39. The number of benzene rings is 4. The van der Waals surface area contributed by atoms with Gasteiger partial charge in [0, 0.05) is 11.4 Å². The Labute approximate surface area is 189 Å². The third-order valence-corrected chi connectivity index (χ3v) is 6.91. The van der Waals surface area contributed by atoms with E-state index in [9.17, 15) is 0 Å². The van der Waals surface area contributed by atoms with Crippen LogP contribution in [0.2, 0.25) is 0 Å². The van der Waals surface area contributed by atoms with Crippen LogP contribution in [0.5, 0.6) is 0 Å². The number of rotatable bonds is 4. The molecular weight excluding hydrogens is 386 g/mol. The van der Waals surface area contributed by atoms with Gasteiger partial charge in [-0.05, 0) is 64.4 Å². The second-order valence-corrected chi connectivity index (χ2v) is 8.63. The molecule has 0 radical (unpaired) electrons. The maximum absolute atomic E-state index is 3.59. The van der Waals surface area contributed by atoms with Crippen molar-refractivity contribution in [1.82, 2.24) is 0 Å². The highest BCUT2D eigenvalue weighted by Gasteiger charge is 2.48. The van der Waals surface area contributed by atoms with E-state index in [2.05, 4.69) is 127 Å². The van der Waals surface area contributed by atoms with Crippen molar-refractivity contribution in [1.29, 1.82) is 0 Å². The van der Waals surface area contributed by atoms with Crippen molar-refractivity contribution in [2.75, 3.05) is 5.32 Å². The Morgan fingerprint density at radius 3 is 2.12 bits per heavy atom. The Morgan fingerprint density at radius 1 is 0.625 bits per heavy atom. The molecule has 4 aromatic rings. The molecule has 0 saturated heterocycles. The molecule has 0 aliphatic heterocycles. The summed E-state index contributed by atoms with van der Waals surface area (Å²) in [4.78, 5) is 0. The van der Waals surface area contributed by atoms with Gasteiger partial charge in [0.25, 0.3) is 0 Å². The van der Waals surface area contributed by atoms with E-state index in [1.165, 1.54) is 27.8 Å². The van der Waals surface area contributed by atoms with Gasteiger partial charge in [-0.2, -0.15) is 0 Å². The van der Waals surface area contributed by atoms with Crippen molar-refractivity contribution < 1.29 is 0 Å². The third-order valence-electron chi connectivity index (χ3n) is 6.91. The highest BCUT2D eigenvalue weighted by atomic mass is 14.9. The SMILES string of the molecule is C1=CCC(C2(c3ccccc3)c3ccccc3-c3cc(Nc4ccccc4)ccc32)C=C1. The van der Waals surface area contributed by atoms with Gasteiger partial charge in [0.2, 0.25) is 0 Å². The summed E-state index contributed by atoms with van der Waals surface area (Å²) in [7, 11) is 0. The first kappa shape index (κ1) is 18.9. The van der Waals surface area contributed by atoms with Gasteiger partial charge < -0.3 is 5.32 Å². The van der Waals surface area contributed by atoms with Crippen LogP contribution in [0.4, 0.5) is 11.4 Å². The minimum absolute atomic E-state index is 0.195. The van der Waals surface area contributed by atoms with Gasteiger partial charge in [0.1, 0.15) is 0 Å². The predicted octanol–water partition coefficient (Wildman–Crippen LogP) is 7.88. The molecule has 1 N–H and O–H groups in total. The van der Waals surface area contributed by atoms with Crippen LogP contribution < -0.4 is 5.32 Å². The predicted molar refractivity (Wildman–Crippen MR) is 134 cm³/mol. The van der Waals surface area contributed by atoms with Crippen LogP contribution in [0, 0.1) is 5.92 Å². The molecule has 2 aliphatic rings. The van der Waals surface area contributed by atoms with E-state index in [1.807, 2.05) is 6.07 Å². The molecule has 0 bridgehead atoms. The monoisotopic (exact) mass is 411 g/mol. The molecule has 154 valence electrons. The lowest BCUT2D eigenvalue weighted by Crippen LogP contribution is -2.35. The van der Waals surface area contributed by atoms with E-state index in [-0.39, 0.29) is 5.41 Å². The van der Waals surface area contributed by atoms with Crippen molar-refractivity contribution in [3.05, 3.63) is 144 Å². The number of fused-ring (bicyclic) bond motifs is 3. The fraction of sp³-hybridized carbons (Fsp3) is 0.0968. The molecule has 1 heteroatoms.